The molecule has 0 amide bonds. The summed E-state index contributed by atoms with van der Waals surface area (Å²) in [7, 11) is 0. The highest BCUT2D eigenvalue weighted by Crippen LogP contribution is 2.26. The van der Waals surface area contributed by atoms with Crippen LogP contribution in [0, 0.1) is 0 Å². The molecule has 0 bridgehead atoms. The summed E-state index contributed by atoms with van der Waals surface area (Å²) in [5, 5.41) is 11.3. The summed E-state index contributed by atoms with van der Waals surface area (Å²) in [5.74, 6) is -0.903. The van der Waals surface area contributed by atoms with Gasteiger partial charge in [0.2, 0.25) is 0 Å². The number of thiophene rings is 1. The Labute approximate surface area is 93.9 Å². The van der Waals surface area contributed by atoms with Crippen molar-refractivity contribution in [2.75, 3.05) is 5.73 Å². The molecule has 0 unspecified atom stereocenters. The largest absolute Gasteiger partial charge is 0.478 e. The van der Waals surface area contributed by atoms with Crippen LogP contribution < -0.4 is 5.73 Å². The standard InChI is InChI=1S/C11H17NO2S/c1-2-3-4-5-6-8-7-15-10(12)9(8)11(13)14/h7H,2-6,12H2,1H3,(H,13,14). The molecule has 1 aromatic rings. The van der Waals surface area contributed by atoms with Crippen LogP contribution >= 0.6 is 11.3 Å². The number of nitrogens with two attached hydrogens (primary N) is 1. The van der Waals surface area contributed by atoms with Gasteiger partial charge >= 0.3 is 5.97 Å². The highest BCUT2D eigenvalue weighted by Gasteiger charge is 2.15. The first-order chi connectivity index (χ1) is 7.16. The SMILES string of the molecule is CCCCCCc1csc(N)c1C(=O)O. The van der Waals surface area contributed by atoms with E-state index in [9.17, 15) is 4.79 Å². The Morgan fingerprint density at radius 2 is 2.20 bits per heavy atom. The summed E-state index contributed by atoms with van der Waals surface area (Å²) in [6.07, 6.45) is 5.44. The Morgan fingerprint density at radius 3 is 2.80 bits per heavy atom. The summed E-state index contributed by atoms with van der Waals surface area (Å²) >= 11 is 1.32. The molecule has 0 aromatic carbocycles. The van der Waals surface area contributed by atoms with Gasteiger partial charge in [-0.05, 0) is 23.8 Å². The van der Waals surface area contributed by atoms with Crippen molar-refractivity contribution in [2.45, 2.75) is 39.0 Å². The number of carboxylic acids is 1. The molecule has 3 N–H and O–H groups in total. The first kappa shape index (κ1) is 12.0. The fourth-order valence-corrected chi connectivity index (χ4v) is 2.42. The van der Waals surface area contributed by atoms with Crippen molar-refractivity contribution in [1.82, 2.24) is 0 Å². The summed E-state index contributed by atoms with van der Waals surface area (Å²) in [5.41, 5.74) is 6.82. The topological polar surface area (TPSA) is 63.3 Å². The fraction of sp³-hybridized carbons (Fsp3) is 0.545. The molecular formula is C11H17NO2S. The Bertz CT molecular complexity index is 333. The minimum absolute atomic E-state index is 0.316. The minimum atomic E-state index is -0.903. The predicted molar refractivity (Wildman–Crippen MR) is 63.5 cm³/mol. The van der Waals surface area contributed by atoms with Crippen molar-refractivity contribution >= 4 is 22.3 Å². The van der Waals surface area contributed by atoms with E-state index in [2.05, 4.69) is 6.92 Å². The van der Waals surface area contributed by atoms with Gasteiger partial charge in [-0.3, -0.25) is 0 Å². The number of aromatic carboxylic acids is 1. The van der Waals surface area contributed by atoms with Crippen LogP contribution in [-0.4, -0.2) is 11.1 Å². The molecule has 0 spiro atoms. The molecular weight excluding hydrogens is 210 g/mol. The Balaban J connectivity index is 2.57. The van der Waals surface area contributed by atoms with Gasteiger partial charge in [0.05, 0.1) is 5.56 Å². The molecule has 0 aliphatic carbocycles. The number of carboxylic acid groups (broad SMARTS) is 1. The molecule has 1 rings (SSSR count). The molecule has 0 aliphatic rings. The second kappa shape index (κ2) is 5.75. The molecule has 0 fully saturated rings. The van der Waals surface area contributed by atoms with E-state index < -0.39 is 5.97 Å². The zero-order chi connectivity index (χ0) is 11.3. The van der Waals surface area contributed by atoms with Gasteiger partial charge in [0, 0.05) is 0 Å². The highest BCUT2D eigenvalue weighted by molar-refractivity contribution is 7.14. The number of anilines is 1. The summed E-state index contributed by atoms with van der Waals surface area (Å²) in [6, 6.07) is 0. The first-order valence-corrected chi connectivity index (χ1v) is 6.14. The summed E-state index contributed by atoms with van der Waals surface area (Å²) in [4.78, 5) is 10.9. The lowest BCUT2D eigenvalue weighted by molar-refractivity contribution is 0.0697. The summed E-state index contributed by atoms with van der Waals surface area (Å²) in [6.45, 7) is 2.16. The Morgan fingerprint density at radius 1 is 1.47 bits per heavy atom. The van der Waals surface area contributed by atoms with Crippen LogP contribution in [0.25, 0.3) is 0 Å². The second-order valence-electron chi connectivity index (χ2n) is 3.62. The van der Waals surface area contributed by atoms with E-state index in [-0.39, 0.29) is 0 Å². The van der Waals surface area contributed by atoms with E-state index >= 15 is 0 Å². The third kappa shape index (κ3) is 3.23. The number of aryl methyl sites for hydroxylation is 1. The average Bonchev–Trinajstić information content (AvgIpc) is 2.54. The fourth-order valence-electron chi connectivity index (χ4n) is 1.58. The van der Waals surface area contributed by atoms with Crippen LogP contribution in [-0.2, 0) is 6.42 Å². The van der Waals surface area contributed by atoms with Gasteiger partial charge in [0.25, 0.3) is 0 Å². The van der Waals surface area contributed by atoms with Crippen molar-refractivity contribution in [3.63, 3.8) is 0 Å². The molecule has 0 radical (unpaired) electrons. The normalized spacial score (nSPS) is 10.5. The molecule has 0 atom stereocenters. The van der Waals surface area contributed by atoms with Gasteiger partial charge in [0.1, 0.15) is 5.00 Å². The van der Waals surface area contributed by atoms with Crippen molar-refractivity contribution in [1.29, 1.82) is 0 Å². The van der Waals surface area contributed by atoms with Crippen LogP contribution in [0.5, 0.6) is 0 Å². The smallest absolute Gasteiger partial charge is 0.338 e. The van der Waals surface area contributed by atoms with Crippen molar-refractivity contribution in [2.24, 2.45) is 0 Å². The van der Waals surface area contributed by atoms with Gasteiger partial charge in [-0.15, -0.1) is 11.3 Å². The van der Waals surface area contributed by atoms with Crippen LogP contribution in [0.4, 0.5) is 5.00 Å². The zero-order valence-electron chi connectivity index (χ0n) is 8.95. The maximum absolute atomic E-state index is 10.9. The second-order valence-corrected chi connectivity index (χ2v) is 4.53. The minimum Gasteiger partial charge on any atom is -0.478 e. The Kier molecular flexibility index (Phi) is 4.62. The monoisotopic (exact) mass is 227 g/mol. The van der Waals surface area contributed by atoms with Crippen molar-refractivity contribution in [3.8, 4) is 0 Å². The van der Waals surface area contributed by atoms with E-state index in [1.54, 1.807) is 0 Å². The number of carbonyl (C=O) groups is 1. The Hall–Kier alpha value is -1.03. The summed E-state index contributed by atoms with van der Waals surface area (Å²) < 4.78 is 0. The quantitative estimate of drug-likeness (QED) is 0.734. The van der Waals surface area contributed by atoms with Gasteiger partial charge in [-0.1, -0.05) is 26.2 Å². The van der Waals surface area contributed by atoms with Gasteiger partial charge in [0.15, 0.2) is 0 Å². The molecule has 15 heavy (non-hydrogen) atoms. The lowest BCUT2D eigenvalue weighted by Gasteiger charge is -2.00. The van der Waals surface area contributed by atoms with Gasteiger partial charge < -0.3 is 10.8 Å². The first-order valence-electron chi connectivity index (χ1n) is 5.26. The molecule has 4 heteroatoms. The molecule has 84 valence electrons. The molecule has 1 heterocycles. The number of rotatable bonds is 6. The maximum Gasteiger partial charge on any atom is 0.338 e. The van der Waals surface area contributed by atoms with Crippen molar-refractivity contribution < 1.29 is 9.90 Å². The third-order valence-electron chi connectivity index (χ3n) is 2.41. The molecule has 0 aliphatic heterocycles. The number of unbranched alkanes of at least 4 members (excludes halogenated alkanes) is 3. The van der Waals surface area contributed by atoms with Gasteiger partial charge in [-0.25, -0.2) is 4.79 Å². The predicted octanol–water partition coefficient (Wildman–Crippen LogP) is 3.15. The number of hydrogen-bond donors (Lipinski definition) is 2. The average molecular weight is 227 g/mol. The maximum atomic E-state index is 10.9. The van der Waals surface area contributed by atoms with Crippen LogP contribution in [0.3, 0.4) is 0 Å². The zero-order valence-corrected chi connectivity index (χ0v) is 9.77. The van der Waals surface area contributed by atoms with Crippen LogP contribution in [0.15, 0.2) is 5.38 Å². The van der Waals surface area contributed by atoms with Crippen LogP contribution in [0.2, 0.25) is 0 Å². The van der Waals surface area contributed by atoms with Crippen molar-refractivity contribution in [3.05, 3.63) is 16.5 Å². The molecule has 0 saturated carbocycles. The number of nitrogen functional groups attached to an aromatic ring is 1. The highest BCUT2D eigenvalue weighted by atomic mass is 32.1. The number of hydrogen-bond acceptors (Lipinski definition) is 3. The molecule has 1 aromatic heterocycles. The van der Waals surface area contributed by atoms with E-state index in [1.165, 1.54) is 24.2 Å². The van der Waals surface area contributed by atoms with E-state index in [0.29, 0.717) is 10.6 Å². The van der Waals surface area contributed by atoms with E-state index in [0.717, 1.165) is 24.8 Å². The van der Waals surface area contributed by atoms with Gasteiger partial charge in [-0.2, -0.15) is 0 Å². The van der Waals surface area contributed by atoms with E-state index in [4.69, 9.17) is 10.8 Å². The third-order valence-corrected chi connectivity index (χ3v) is 3.27. The van der Waals surface area contributed by atoms with Crippen LogP contribution in [0.1, 0.15) is 48.5 Å². The lowest BCUT2D eigenvalue weighted by Crippen LogP contribution is -2.02. The van der Waals surface area contributed by atoms with E-state index in [1.807, 2.05) is 5.38 Å². The molecule has 0 saturated heterocycles. The molecule has 3 nitrogen and oxygen atoms in total. The lowest BCUT2D eigenvalue weighted by atomic mass is 10.1.